The third-order valence-corrected chi connectivity index (χ3v) is 3.42. The molecule has 1 amide bonds. The van der Waals surface area contributed by atoms with Crippen LogP contribution in [0.1, 0.15) is 31.2 Å². The first-order chi connectivity index (χ1) is 9.04. The van der Waals surface area contributed by atoms with Crippen molar-refractivity contribution in [2.75, 3.05) is 0 Å². The van der Waals surface area contributed by atoms with E-state index < -0.39 is 11.6 Å². The van der Waals surface area contributed by atoms with E-state index in [1.54, 1.807) is 0 Å². The largest absolute Gasteiger partial charge is 0.393 e. The fourth-order valence-electron chi connectivity index (χ4n) is 2.35. The number of hydrogen-bond acceptors (Lipinski definition) is 2. The number of amides is 1. The fourth-order valence-corrected chi connectivity index (χ4v) is 2.35. The first-order valence-corrected chi connectivity index (χ1v) is 6.46. The molecule has 1 aliphatic carbocycles. The van der Waals surface area contributed by atoms with Crippen molar-refractivity contribution in [1.29, 1.82) is 0 Å². The zero-order valence-corrected chi connectivity index (χ0v) is 10.5. The number of rotatable bonds is 3. The topological polar surface area (TPSA) is 49.3 Å². The zero-order chi connectivity index (χ0) is 13.8. The van der Waals surface area contributed by atoms with E-state index in [1.807, 2.05) is 0 Å². The summed E-state index contributed by atoms with van der Waals surface area (Å²) in [5.74, 6) is -1.44. The van der Waals surface area contributed by atoms with Gasteiger partial charge < -0.3 is 10.4 Å². The first-order valence-electron chi connectivity index (χ1n) is 6.46. The van der Waals surface area contributed by atoms with Crippen LogP contribution in [0.5, 0.6) is 0 Å². The lowest BCUT2D eigenvalue weighted by Crippen LogP contribution is -2.39. The van der Waals surface area contributed by atoms with Gasteiger partial charge in [0.2, 0.25) is 5.91 Å². The normalized spacial score (nSPS) is 23.1. The predicted molar refractivity (Wildman–Crippen MR) is 66.5 cm³/mol. The summed E-state index contributed by atoms with van der Waals surface area (Å²) in [6, 6.07) is 3.11. The molecule has 0 radical (unpaired) electrons. The van der Waals surface area contributed by atoms with Crippen molar-refractivity contribution in [3.63, 3.8) is 0 Å². The Morgan fingerprint density at radius 3 is 2.63 bits per heavy atom. The van der Waals surface area contributed by atoms with Crippen molar-refractivity contribution >= 4 is 5.91 Å². The van der Waals surface area contributed by atoms with Crippen LogP contribution in [0.3, 0.4) is 0 Å². The van der Waals surface area contributed by atoms with Gasteiger partial charge in [-0.1, -0.05) is 0 Å². The number of halogens is 2. The van der Waals surface area contributed by atoms with Gasteiger partial charge in [-0.15, -0.1) is 0 Å². The molecule has 19 heavy (non-hydrogen) atoms. The molecule has 1 aliphatic rings. The summed E-state index contributed by atoms with van der Waals surface area (Å²) in [5.41, 5.74) is 0.0633. The fraction of sp³-hybridized carbons (Fsp3) is 0.500. The van der Waals surface area contributed by atoms with Crippen LogP contribution >= 0.6 is 0 Å². The number of benzene rings is 1. The van der Waals surface area contributed by atoms with E-state index in [9.17, 15) is 18.7 Å². The lowest BCUT2D eigenvalue weighted by Gasteiger charge is -2.26. The molecule has 1 fully saturated rings. The van der Waals surface area contributed by atoms with Crippen molar-refractivity contribution < 1.29 is 18.7 Å². The summed E-state index contributed by atoms with van der Waals surface area (Å²) in [6.45, 7) is 0. The highest BCUT2D eigenvalue weighted by molar-refractivity contribution is 5.78. The monoisotopic (exact) mass is 269 g/mol. The molecule has 0 saturated heterocycles. The van der Waals surface area contributed by atoms with Gasteiger partial charge in [0.15, 0.2) is 0 Å². The second-order valence-electron chi connectivity index (χ2n) is 4.99. The maximum absolute atomic E-state index is 13.4. The van der Waals surface area contributed by atoms with Crippen LogP contribution < -0.4 is 5.32 Å². The van der Waals surface area contributed by atoms with Crippen molar-refractivity contribution in [2.24, 2.45) is 0 Å². The zero-order valence-electron chi connectivity index (χ0n) is 10.5. The second kappa shape index (κ2) is 6.10. The molecule has 5 heteroatoms. The molecule has 3 nitrogen and oxygen atoms in total. The van der Waals surface area contributed by atoms with Crippen LogP contribution in [0.25, 0.3) is 0 Å². The molecule has 0 aliphatic heterocycles. The van der Waals surface area contributed by atoms with E-state index in [1.165, 1.54) is 0 Å². The first kappa shape index (κ1) is 13.9. The number of nitrogens with one attached hydrogen (secondary N) is 1. The Morgan fingerprint density at radius 2 is 1.95 bits per heavy atom. The van der Waals surface area contributed by atoms with Crippen LogP contribution in [0, 0.1) is 11.6 Å². The molecule has 1 saturated carbocycles. The van der Waals surface area contributed by atoms with Crippen LogP contribution in [0.15, 0.2) is 18.2 Å². The number of hydrogen-bond donors (Lipinski definition) is 2. The lowest BCUT2D eigenvalue weighted by atomic mass is 9.93. The molecule has 1 aromatic rings. The Balaban J connectivity index is 1.89. The van der Waals surface area contributed by atoms with E-state index in [4.69, 9.17) is 0 Å². The third-order valence-electron chi connectivity index (χ3n) is 3.42. The van der Waals surface area contributed by atoms with Crippen LogP contribution in [0.4, 0.5) is 8.78 Å². The second-order valence-corrected chi connectivity index (χ2v) is 4.99. The van der Waals surface area contributed by atoms with Gasteiger partial charge in [0.1, 0.15) is 11.6 Å². The summed E-state index contributed by atoms with van der Waals surface area (Å²) in [5, 5.41) is 12.2. The molecule has 0 unspecified atom stereocenters. The number of carbonyl (C=O) groups excluding carboxylic acids is 1. The molecule has 0 aromatic heterocycles. The van der Waals surface area contributed by atoms with E-state index in [0.29, 0.717) is 12.8 Å². The third kappa shape index (κ3) is 3.99. The van der Waals surface area contributed by atoms with Crippen molar-refractivity contribution in [3.8, 4) is 0 Å². The molecule has 104 valence electrons. The number of aliphatic hydroxyl groups excluding tert-OH is 1. The predicted octanol–water partition coefficient (Wildman–Crippen LogP) is 1.93. The number of carbonyl (C=O) groups is 1. The molecule has 0 atom stereocenters. The molecule has 1 aromatic carbocycles. The van der Waals surface area contributed by atoms with E-state index in [0.717, 1.165) is 31.0 Å². The average Bonchev–Trinajstić information content (AvgIpc) is 2.37. The molecular weight excluding hydrogens is 252 g/mol. The summed E-state index contributed by atoms with van der Waals surface area (Å²) < 4.78 is 26.4. The lowest BCUT2D eigenvalue weighted by molar-refractivity contribution is -0.121. The Bertz CT molecular complexity index is 457. The Labute approximate surface area is 110 Å². The van der Waals surface area contributed by atoms with Gasteiger partial charge >= 0.3 is 0 Å². The summed E-state index contributed by atoms with van der Waals surface area (Å²) in [7, 11) is 0. The highest BCUT2D eigenvalue weighted by Gasteiger charge is 2.21. The van der Waals surface area contributed by atoms with Crippen molar-refractivity contribution in [1.82, 2.24) is 5.32 Å². The quantitative estimate of drug-likeness (QED) is 0.881. The highest BCUT2D eigenvalue weighted by Crippen LogP contribution is 2.18. The standard InChI is InChI=1S/C14H17F2NO2/c15-10-1-6-13(16)9(7-10)8-14(19)17-11-2-4-12(18)5-3-11/h1,6-7,11-12,18H,2-5,8H2,(H,17,19). The van der Waals surface area contributed by atoms with E-state index in [-0.39, 0.29) is 30.0 Å². The Morgan fingerprint density at radius 1 is 1.26 bits per heavy atom. The van der Waals surface area contributed by atoms with Crippen LogP contribution in [-0.2, 0) is 11.2 Å². The Hall–Kier alpha value is -1.49. The molecule has 2 rings (SSSR count). The Kier molecular flexibility index (Phi) is 4.47. The summed E-state index contributed by atoms with van der Waals surface area (Å²) in [4.78, 5) is 11.8. The van der Waals surface area contributed by atoms with Gasteiger partial charge in [0.25, 0.3) is 0 Å². The number of aliphatic hydroxyl groups is 1. The maximum Gasteiger partial charge on any atom is 0.224 e. The van der Waals surface area contributed by atoms with Gasteiger partial charge in [0, 0.05) is 11.6 Å². The molecule has 0 spiro atoms. The molecule has 0 heterocycles. The molecule has 0 bridgehead atoms. The summed E-state index contributed by atoms with van der Waals surface area (Å²) >= 11 is 0. The van der Waals surface area contributed by atoms with E-state index >= 15 is 0 Å². The van der Waals surface area contributed by atoms with Crippen LogP contribution in [0.2, 0.25) is 0 Å². The SMILES string of the molecule is O=C(Cc1cc(F)ccc1F)NC1CCC(O)CC1. The van der Waals surface area contributed by atoms with Gasteiger partial charge in [-0.25, -0.2) is 8.78 Å². The average molecular weight is 269 g/mol. The van der Waals surface area contributed by atoms with Gasteiger partial charge in [-0.2, -0.15) is 0 Å². The maximum atomic E-state index is 13.4. The minimum Gasteiger partial charge on any atom is -0.393 e. The highest BCUT2D eigenvalue weighted by atomic mass is 19.1. The minimum atomic E-state index is -0.574. The van der Waals surface area contributed by atoms with Crippen LogP contribution in [-0.4, -0.2) is 23.2 Å². The summed E-state index contributed by atoms with van der Waals surface area (Å²) in [6.07, 6.45) is 2.33. The van der Waals surface area contributed by atoms with Crippen molar-refractivity contribution in [3.05, 3.63) is 35.4 Å². The van der Waals surface area contributed by atoms with Gasteiger partial charge in [0.05, 0.1) is 12.5 Å². The van der Waals surface area contributed by atoms with Gasteiger partial charge in [-0.3, -0.25) is 4.79 Å². The minimum absolute atomic E-state index is 0.0209. The molecular formula is C14H17F2NO2. The van der Waals surface area contributed by atoms with Gasteiger partial charge in [-0.05, 0) is 43.9 Å². The molecule has 2 N–H and O–H groups in total. The smallest absolute Gasteiger partial charge is 0.224 e. The van der Waals surface area contributed by atoms with E-state index in [2.05, 4.69) is 5.32 Å². The van der Waals surface area contributed by atoms with Crippen molar-refractivity contribution in [2.45, 2.75) is 44.2 Å².